The summed E-state index contributed by atoms with van der Waals surface area (Å²) in [6.45, 7) is 0. The van der Waals surface area contributed by atoms with Gasteiger partial charge < -0.3 is 15.0 Å². The number of thioether (sulfide) groups is 1. The summed E-state index contributed by atoms with van der Waals surface area (Å²) in [6.07, 6.45) is 5.91. The van der Waals surface area contributed by atoms with Crippen molar-refractivity contribution in [2.24, 2.45) is 0 Å². The number of nitrogens with zero attached hydrogens (tertiary/aromatic N) is 2. The van der Waals surface area contributed by atoms with Crippen molar-refractivity contribution >= 4 is 34.7 Å². The summed E-state index contributed by atoms with van der Waals surface area (Å²) in [7, 11) is 3.37. The highest BCUT2D eigenvalue weighted by molar-refractivity contribution is 8.13. The van der Waals surface area contributed by atoms with Crippen molar-refractivity contribution in [1.29, 1.82) is 0 Å². The van der Waals surface area contributed by atoms with Crippen molar-refractivity contribution < 1.29 is 18.7 Å². The number of carbonyl (C=O) groups is 2. The van der Waals surface area contributed by atoms with E-state index >= 15 is 0 Å². The van der Waals surface area contributed by atoms with Gasteiger partial charge in [0, 0.05) is 37.0 Å². The van der Waals surface area contributed by atoms with E-state index in [9.17, 15) is 14.0 Å². The maximum atomic E-state index is 14.3. The highest BCUT2D eigenvalue weighted by atomic mass is 32.2. The Balaban J connectivity index is 1.57. The van der Waals surface area contributed by atoms with Gasteiger partial charge in [0.25, 0.3) is 5.24 Å². The summed E-state index contributed by atoms with van der Waals surface area (Å²) in [5, 5.41) is 2.64. The number of carbonyl (C=O) groups excluding carboxylic acids is 2. The second-order valence-corrected chi connectivity index (χ2v) is 7.61. The molecule has 0 fully saturated rings. The molecule has 1 N–H and O–H groups in total. The van der Waals surface area contributed by atoms with E-state index in [1.165, 1.54) is 35.4 Å². The molecule has 1 aromatic heterocycles. The second kappa shape index (κ2) is 10.4. The molecule has 0 atom stereocenters. The average Bonchev–Trinajstić information content (AvgIpc) is 2.76. The second-order valence-electron chi connectivity index (χ2n) is 6.59. The minimum Gasteiger partial charge on any atom is -0.453 e. The third-order valence-electron chi connectivity index (χ3n) is 3.94. The summed E-state index contributed by atoms with van der Waals surface area (Å²) in [6, 6.07) is 14.7. The predicted octanol–water partition coefficient (Wildman–Crippen LogP) is 5.44. The van der Waals surface area contributed by atoms with Crippen LogP contribution in [0.5, 0.6) is 11.5 Å². The van der Waals surface area contributed by atoms with E-state index in [1.807, 2.05) is 0 Å². The van der Waals surface area contributed by atoms with Crippen molar-refractivity contribution in [3.05, 3.63) is 84.4 Å². The van der Waals surface area contributed by atoms with Gasteiger partial charge in [0.15, 0.2) is 11.6 Å². The molecule has 31 heavy (non-hydrogen) atoms. The Bertz CT molecular complexity index is 1090. The van der Waals surface area contributed by atoms with E-state index in [0.717, 1.165) is 16.7 Å². The molecular weight excluding hydrogens is 417 g/mol. The number of halogens is 1. The topological polar surface area (TPSA) is 71.5 Å². The fourth-order valence-electron chi connectivity index (χ4n) is 2.39. The molecule has 3 rings (SSSR count). The number of aromatic nitrogens is 1. The normalized spacial score (nSPS) is 10.7. The predicted molar refractivity (Wildman–Crippen MR) is 120 cm³/mol. The molecule has 8 heteroatoms. The zero-order valence-electron chi connectivity index (χ0n) is 16.9. The van der Waals surface area contributed by atoms with Crippen LogP contribution in [0.4, 0.5) is 14.9 Å². The summed E-state index contributed by atoms with van der Waals surface area (Å²) in [5.74, 6) is -0.410. The van der Waals surface area contributed by atoms with Crippen LogP contribution in [-0.2, 0) is 4.79 Å². The van der Waals surface area contributed by atoms with Crippen LogP contribution in [0.15, 0.2) is 78.0 Å². The van der Waals surface area contributed by atoms with Crippen molar-refractivity contribution in [2.45, 2.75) is 4.90 Å². The fourth-order valence-corrected chi connectivity index (χ4v) is 3.05. The van der Waals surface area contributed by atoms with E-state index in [1.54, 1.807) is 62.8 Å². The molecule has 0 saturated heterocycles. The molecule has 0 radical (unpaired) electrons. The van der Waals surface area contributed by atoms with Gasteiger partial charge >= 0.3 is 0 Å². The SMILES string of the molecule is CN(C)C(=O)Sc1ccc(NC(=O)/C=C/c2ccc(Oc3cccnc3)c(F)c2)cc1. The smallest absolute Gasteiger partial charge is 0.285 e. The molecule has 0 aliphatic rings. The van der Waals surface area contributed by atoms with Gasteiger partial charge in [0.2, 0.25) is 5.91 Å². The van der Waals surface area contributed by atoms with E-state index in [0.29, 0.717) is 17.0 Å². The zero-order chi connectivity index (χ0) is 22.2. The third kappa shape index (κ3) is 6.68. The van der Waals surface area contributed by atoms with Crippen LogP contribution in [0.3, 0.4) is 0 Å². The van der Waals surface area contributed by atoms with Gasteiger partial charge in [-0.25, -0.2) is 4.39 Å². The van der Waals surface area contributed by atoms with Crippen LogP contribution in [0.1, 0.15) is 5.56 Å². The molecular formula is C23H20FN3O3S. The van der Waals surface area contributed by atoms with Gasteiger partial charge in [-0.1, -0.05) is 6.07 Å². The Morgan fingerprint density at radius 1 is 1.13 bits per heavy atom. The van der Waals surface area contributed by atoms with Crippen LogP contribution >= 0.6 is 11.8 Å². The molecule has 2 aromatic carbocycles. The van der Waals surface area contributed by atoms with Gasteiger partial charge in [0.05, 0.1) is 6.20 Å². The molecule has 0 spiro atoms. The first-order valence-electron chi connectivity index (χ1n) is 9.26. The molecule has 0 saturated carbocycles. The van der Waals surface area contributed by atoms with Gasteiger partial charge in [-0.05, 0) is 71.9 Å². The van der Waals surface area contributed by atoms with Gasteiger partial charge in [-0.3, -0.25) is 14.6 Å². The van der Waals surface area contributed by atoms with E-state index in [4.69, 9.17) is 4.74 Å². The lowest BCUT2D eigenvalue weighted by Crippen LogP contribution is -2.16. The van der Waals surface area contributed by atoms with E-state index < -0.39 is 5.82 Å². The Morgan fingerprint density at radius 2 is 1.90 bits per heavy atom. The van der Waals surface area contributed by atoms with Crippen LogP contribution in [0.2, 0.25) is 0 Å². The maximum absolute atomic E-state index is 14.3. The largest absolute Gasteiger partial charge is 0.453 e. The van der Waals surface area contributed by atoms with Crippen molar-refractivity contribution in [3.63, 3.8) is 0 Å². The molecule has 0 bridgehead atoms. The summed E-state index contributed by atoms with van der Waals surface area (Å²) in [5.41, 5.74) is 1.10. The Labute approximate surface area is 183 Å². The number of benzene rings is 2. The minimum absolute atomic E-state index is 0.0697. The molecule has 2 amide bonds. The lowest BCUT2D eigenvalue weighted by atomic mass is 10.2. The van der Waals surface area contributed by atoms with Crippen LogP contribution < -0.4 is 10.1 Å². The molecule has 3 aromatic rings. The van der Waals surface area contributed by atoms with Crippen molar-refractivity contribution in [3.8, 4) is 11.5 Å². The number of hydrogen-bond donors (Lipinski definition) is 1. The maximum Gasteiger partial charge on any atom is 0.285 e. The molecule has 0 aliphatic heterocycles. The average molecular weight is 437 g/mol. The molecule has 0 unspecified atom stereocenters. The first-order valence-corrected chi connectivity index (χ1v) is 10.1. The number of pyridine rings is 1. The van der Waals surface area contributed by atoms with Crippen LogP contribution in [0, 0.1) is 5.82 Å². The van der Waals surface area contributed by atoms with Crippen LogP contribution in [0.25, 0.3) is 6.08 Å². The number of ether oxygens (including phenoxy) is 1. The van der Waals surface area contributed by atoms with E-state index in [-0.39, 0.29) is 16.9 Å². The summed E-state index contributed by atoms with van der Waals surface area (Å²) < 4.78 is 19.7. The first kappa shape index (κ1) is 22.0. The number of amides is 2. The van der Waals surface area contributed by atoms with Gasteiger partial charge in [-0.2, -0.15) is 0 Å². The highest BCUT2D eigenvalue weighted by Gasteiger charge is 2.08. The Kier molecular flexibility index (Phi) is 7.40. The van der Waals surface area contributed by atoms with Crippen molar-refractivity contribution in [2.75, 3.05) is 19.4 Å². The molecule has 6 nitrogen and oxygen atoms in total. The fraction of sp³-hybridized carbons (Fsp3) is 0.0870. The zero-order valence-corrected chi connectivity index (χ0v) is 17.7. The number of hydrogen-bond acceptors (Lipinski definition) is 5. The van der Waals surface area contributed by atoms with Crippen molar-refractivity contribution in [1.82, 2.24) is 9.88 Å². The molecule has 1 heterocycles. The first-order chi connectivity index (χ1) is 14.9. The van der Waals surface area contributed by atoms with E-state index in [2.05, 4.69) is 10.3 Å². The summed E-state index contributed by atoms with van der Waals surface area (Å²) >= 11 is 1.10. The quantitative estimate of drug-likeness (QED) is 0.411. The van der Waals surface area contributed by atoms with Crippen LogP contribution in [-0.4, -0.2) is 35.1 Å². The lowest BCUT2D eigenvalue weighted by Gasteiger charge is -2.09. The lowest BCUT2D eigenvalue weighted by molar-refractivity contribution is -0.111. The molecule has 0 aliphatic carbocycles. The molecule has 158 valence electrons. The summed E-state index contributed by atoms with van der Waals surface area (Å²) in [4.78, 5) is 30.0. The Morgan fingerprint density at radius 3 is 2.55 bits per heavy atom. The number of rotatable bonds is 6. The highest BCUT2D eigenvalue weighted by Crippen LogP contribution is 2.25. The van der Waals surface area contributed by atoms with Gasteiger partial charge in [0.1, 0.15) is 5.75 Å². The number of nitrogens with one attached hydrogen (secondary N) is 1. The standard InChI is InChI=1S/C23H20FN3O3S/c1-27(2)23(29)31-19-9-7-17(8-10-19)26-22(28)12-6-16-5-11-21(20(24)14-16)30-18-4-3-13-25-15-18/h3-15H,1-2H3,(H,26,28)/b12-6+. The Hall–Kier alpha value is -3.65. The number of anilines is 1. The third-order valence-corrected chi connectivity index (χ3v) is 4.99. The van der Waals surface area contributed by atoms with Gasteiger partial charge in [-0.15, -0.1) is 0 Å². The monoisotopic (exact) mass is 437 g/mol. The minimum atomic E-state index is -0.549.